The minimum absolute atomic E-state index is 0.172. The summed E-state index contributed by atoms with van der Waals surface area (Å²) in [6.45, 7) is 1.58. The lowest BCUT2D eigenvalue weighted by molar-refractivity contribution is -0.136. The zero-order valence-electron chi connectivity index (χ0n) is 10.3. The van der Waals surface area contributed by atoms with E-state index < -0.39 is 11.7 Å². The molecular weight excluding hydrogens is 241 g/mol. The van der Waals surface area contributed by atoms with Crippen molar-refractivity contribution in [1.82, 2.24) is 4.90 Å². The van der Waals surface area contributed by atoms with Crippen molar-refractivity contribution in [2.24, 2.45) is 0 Å². The predicted octanol–water partition coefficient (Wildman–Crippen LogP) is 3.21. The maximum absolute atomic E-state index is 12.8. The van der Waals surface area contributed by atoms with Gasteiger partial charge in [-0.25, -0.2) is 0 Å². The van der Waals surface area contributed by atoms with Gasteiger partial charge >= 0.3 is 6.18 Å². The largest absolute Gasteiger partial charge is 0.418 e. The van der Waals surface area contributed by atoms with Gasteiger partial charge in [-0.2, -0.15) is 13.2 Å². The first-order chi connectivity index (χ1) is 8.48. The fourth-order valence-electron chi connectivity index (χ4n) is 2.35. The van der Waals surface area contributed by atoms with Crippen LogP contribution in [0.15, 0.2) is 24.3 Å². The van der Waals surface area contributed by atoms with E-state index in [4.69, 9.17) is 0 Å². The van der Waals surface area contributed by atoms with Gasteiger partial charge in [0.15, 0.2) is 0 Å². The Hall–Kier alpha value is -1.23. The molecule has 5 heteroatoms. The summed E-state index contributed by atoms with van der Waals surface area (Å²) in [6.07, 6.45) is -2.15. The normalized spacial score (nSPS) is 21.2. The van der Waals surface area contributed by atoms with E-state index >= 15 is 0 Å². The zero-order valence-corrected chi connectivity index (χ0v) is 10.3. The highest BCUT2D eigenvalue weighted by molar-refractivity contribution is 5.52. The van der Waals surface area contributed by atoms with Crippen LogP contribution in [0.25, 0.3) is 0 Å². The van der Waals surface area contributed by atoms with E-state index in [9.17, 15) is 13.2 Å². The summed E-state index contributed by atoms with van der Waals surface area (Å²) in [5.41, 5.74) is -0.420. The molecule has 0 aromatic heterocycles. The van der Waals surface area contributed by atoms with Crippen LogP contribution in [0.3, 0.4) is 0 Å². The van der Waals surface area contributed by atoms with Crippen molar-refractivity contribution in [3.05, 3.63) is 29.8 Å². The van der Waals surface area contributed by atoms with E-state index in [-0.39, 0.29) is 5.69 Å². The molecule has 1 fully saturated rings. The van der Waals surface area contributed by atoms with Crippen LogP contribution in [0.2, 0.25) is 0 Å². The molecule has 1 aliphatic heterocycles. The number of para-hydroxylation sites is 1. The van der Waals surface area contributed by atoms with Gasteiger partial charge in [-0.05, 0) is 38.6 Å². The molecule has 0 saturated carbocycles. The first kappa shape index (κ1) is 13.2. The summed E-state index contributed by atoms with van der Waals surface area (Å²) in [5, 5.41) is 2.93. The highest BCUT2D eigenvalue weighted by Gasteiger charge is 2.33. The van der Waals surface area contributed by atoms with Crippen molar-refractivity contribution in [3.8, 4) is 0 Å². The summed E-state index contributed by atoms with van der Waals surface area (Å²) in [6, 6.07) is 5.95. The minimum atomic E-state index is -4.30. The number of anilines is 1. The average molecular weight is 258 g/mol. The lowest BCUT2D eigenvalue weighted by atomic mass is 10.1. The molecule has 2 nitrogen and oxygen atoms in total. The first-order valence-corrected chi connectivity index (χ1v) is 6.09. The van der Waals surface area contributed by atoms with Crippen molar-refractivity contribution in [2.45, 2.75) is 25.1 Å². The summed E-state index contributed by atoms with van der Waals surface area (Å²) in [5.74, 6) is 0. The van der Waals surface area contributed by atoms with Gasteiger partial charge in [0.2, 0.25) is 0 Å². The van der Waals surface area contributed by atoms with Crippen LogP contribution in [-0.4, -0.2) is 31.1 Å². The number of hydrogen-bond donors (Lipinski definition) is 1. The topological polar surface area (TPSA) is 15.3 Å². The smallest absolute Gasteiger partial charge is 0.383 e. The molecule has 1 aromatic carbocycles. The maximum atomic E-state index is 12.8. The number of likely N-dealkylation sites (tertiary alicyclic amines) is 1. The number of benzene rings is 1. The highest BCUT2D eigenvalue weighted by atomic mass is 19.4. The van der Waals surface area contributed by atoms with Gasteiger partial charge in [-0.3, -0.25) is 0 Å². The molecule has 1 aromatic rings. The van der Waals surface area contributed by atoms with Crippen molar-refractivity contribution in [2.75, 3.05) is 25.5 Å². The third-order valence-electron chi connectivity index (χ3n) is 3.43. The van der Waals surface area contributed by atoms with Crippen LogP contribution in [0.4, 0.5) is 18.9 Å². The van der Waals surface area contributed by atoms with Gasteiger partial charge in [-0.15, -0.1) is 0 Å². The Morgan fingerprint density at radius 2 is 2.06 bits per heavy atom. The molecule has 1 N–H and O–H groups in total. The lowest BCUT2D eigenvalue weighted by Crippen LogP contribution is -2.32. The Kier molecular flexibility index (Phi) is 3.80. The van der Waals surface area contributed by atoms with Gasteiger partial charge in [0, 0.05) is 18.3 Å². The molecule has 1 heterocycles. The standard InChI is InChI=1S/C13H17F3N2/c1-18-8-4-5-10(18)9-17-12-7-3-2-6-11(12)13(14,15)16/h2-3,6-7,10,17H,4-5,8-9H2,1H3. The third kappa shape index (κ3) is 2.96. The summed E-state index contributed by atoms with van der Waals surface area (Å²) in [4.78, 5) is 2.18. The molecule has 0 amide bonds. The highest BCUT2D eigenvalue weighted by Crippen LogP contribution is 2.34. The molecule has 0 spiro atoms. The lowest BCUT2D eigenvalue weighted by Gasteiger charge is -2.21. The van der Waals surface area contributed by atoms with E-state index in [0.717, 1.165) is 25.5 Å². The molecule has 1 atom stereocenters. The Morgan fingerprint density at radius 3 is 2.67 bits per heavy atom. The number of nitrogens with one attached hydrogen (secondary N) is 1. The second kappa shape index (κ2) is 5.18. The summed E-state index contributed by atoms with van der Waals surface area (Å²) < 4.78 is 38.3. The molecule has 2 rings (SSSR count). The first-order valence-electron chi connectivity index (χ1n) is 6.09. The van der Waals surface area contributed by atoms with E-state index in [1.165, 1.54) is 12.1 Å². The van der Waals surface area contributed by atoms with Crippen molar-refractivity contribution in [3.63, 3.8) is 0 Å². The van der Waals surface area contributed by atoms with Gasteiger partial charge in [0.05, 0.1) is 5.56 Å². The van der Waals surface area contributed by atoms with Crippen LogP contribution >= 0.6 is 0 Å². The molecule has 0 radical (unpaired) electrons. The van der Waals surface area contributed by atoms with Crippen LogP contribution in [0.5, 0.6) is 0 Å². The fraction of sp³-hybridized carbons (Fsp3) is 0.538. The van der Waals surface area contributed by atoms with Crippen LogP contribution in [-0.2, 0) is 6.18 Å². The maximum Gasteiger partial charge on any atom is 0.418 e. The fourth-order valence-corrected chi connectivity index (χ4v) is 2.35. The molecule has 1 saturated heterocycles. The van der Waals surface area contributed by atoms with Crippen LogP contribution < -0.4 is 5.32 Å². The SMILES string of the molecule is CN1CCCC1CNc1ccccc1C(F)(F)F. The number of rotatable bonds is 3. The molecule has 1 aliphatic rings. The van der Waals surface area contributed by atoms with E-state index in [0.29, 0.717) is 12.6 Å². The van der Waals surface area contributed by atoms with Crippen molar-refractivity contribution >= 4 is 5.69 Å². The Balaban J connectivity index is 2.05. The van der Waals surface area contributed by atoms with Gasteiger partial charge < -0.3 is 10.2 Å². The van der Waals surface area contributed by atoms with E-state index in [1.807, 2.05) is 7.05 Å². The number of likely N-dealkylation sites (N-methyl/N-ethyl adjacent to an activating group) is 1. The molecule has 1 unspecified atom stereocenters. The molecule has 18 heavy (non-hydrogen) atoms. The Labute approximate surface area is 105 Å². The second-order valence-electron chi connectivity index (χ2n) is 4.70. The molecular formula is C13H17F3N2. The molecule has 0 aliphatic carbocycles. The summed E-state index contributed by atoms with van der Waals surface area (Å²) >= 11 is 0. The molecule has 100 valence electrons. The van der Waals surface area contributed by atoms with Crippen LogP contribution in [0.1, 0.15) is 18.4 Å². The number of nitrogens with zero attached hydrogens (tertiary/aromatic N) is 1. The van der Waals surface area contributed by atoms with Gasteiger partial charge in [0.1, 0.15) is 0 Å². The second-order valence-corrected chi connectivity index (χ2v) is 4.70. The molecule has 0 bridgehead atoms. The average Bonchev–Trinajstić information content (AvgIpc) is 2.71. The third-order valence-corrected chi connectivity index (χ3v) is 3.43. The Bertz CT molecular complexity index is 403. The number of hydrogen-bond acceptors (Lipinski definition) is 2. The van der Waals surface area contributed by atoms with E-state index in [1.54, 1.807) is 6.07 Å². The minimum Gasteiger partial charge on any atom is -0.383 e. The Morgan fingerprint density at radius 1 is 1.33 bits per heavy atom. The summed E-state index contributed by atoms with van der Waals surface area (Å²) in [7, 11) is 2.01. The van der Waals surface area contributed by atoms with E-state index in [2.05, 4.69) is 10.2 Å². The predicted molar refractivity (Wildman–Crippen MR) is 65.6 cm³/mol. The number of halogens is 3. The number of alkyl halides is 3. The monoisotopic (exact) mass is 258 g/mol. The van der Waals surface area contributed by atoms with Crippen molar-refractivity contribution in [1.29, 1.82) is 0 Å². The quantitative estimate of drug-likeness (QED) is 0.895. The van der Waals surface area contributed by atoms with Gasteiger partial charge in [0.25, 0.3) is 0 Å². The van der Waals surface area contributed by atoms with Gasteiger partial charge in [-0.1, -0.05) is 12.1 Å². The van der Waals surface area contributed by atoms with Crippen molar-refractivity contribution < 1.29 is 13.2 Å². The zero-order chi connectivity index (χ0) is 13.2. The van der Waals surface area contributed by atoms with Crippen LogP contribution in [0, 0.1) is 0 Å².